The van der Waals surface area contributed by atoms with E-state index in [1.165, 1.54) is 0 Å². The van der Waals surface area contributed by atoms with E-state index >= 15 is 0 Å². The minimum absolute atomic E-state index is 0.240. The van der Waals surface area contributed by atoms with Crippen molar-refractivity contribution in [3.8, 4) is 0 Å². The van der Waals surface area contributed by atoms with Crippen molar-refractivity contribution < 1.29 is 20.2 Å². The Labute approximate surface area is 170 Å². The number of nitrogens with one attached hydrogen (secondary N) is 1. The number of quaternary nitrogens is 1. The molecule has 2 aliphatic rings. The number of benzene rings is 2. The zero-order valence-electron chi connectivity index (χ0n) is 19.0. The number of hydrogen-bond acceptors (Lipinski definition) is 5. The molecule has 1 saturated heterocycles. The molecule has 4 rings (SSSR count). The van der Waals surface area contributed by atoms with Crippen molar-refractivity contribution in [3.63, 3.8) is 0 Å². The van der Waals surface area contributed by atoms with Crippen LogP contribution in [-0.4, -0.2) is 68.3 Å². The Hall–Kier alpha value is -1.86. The van der Waals surface area contributed by atoms with E-state index in [0.29, 0.717) is 31.1 Å². The molecule has 27 heavy (non-hydrogen) atoms. The molecule has 6 heteroatoms. The summed E-state index contributed by atoms with van der Waals surface area (Å²) in [6.45, 7) is -3.41. The molecule has 0 amide bonds. The topological polar surface area (TPSA) is 49.5 Å². The maximum Gasteiger partial charge on any atom is 0.138 e. The van der Waals surface area contributed by atoms with E-state index in [-0.39, 0.29) is 13.2 Å². The van der Waals surface area contributed by atoms with Gasteiger partial charge in [-0.25, -0.2) is 4.99 Å². The smallest absolute Gasteiger partial charge is 0.138 e. The summed E-state index contributed by atoms with van der Waals surface area (Å²) >= 11 is 1.69. The molecule has 0 unspecified atom stereocenters. The minimum atomic E-state index is -2.49. The van der Waals surface area contributed by atoms with Crippen LogP contribution in [0.4, 0.5) is 5.69 Å². The molecule has 1 fully saturated rings. The quantitative estimate of drug-likeness (QED) is 0.814. The third-order valence-corrected chi connectivity index (χ3v) is 5.74. The number of aliphatic imine (C=N–C) groups is 1. The van der Waals surface area contributed by atoms with Crippen LogP contribution in [0.15, 0.2) is 63.3 Å². The van der Waals surface area contributed by atoms with Gasteiger partial charge in [-0.05, 0) is 18.2 Å². The SMILES string of the molecule is [2H]C([2H])(OCCO)C([2H])([2H])[NH+]1CCN(C2=Nc3ccccc3Sc3ccccc32)CC1. The second-order valence-corrected chi connectivity index (χ2v) is 7.47. The molecule has 0 atom stereocenters. The lowest BCUT2D eigenvalue weighted by Crippen LogP contribution is -3.15. The third-order valence-electron chi connectivity index (χ3n) is 4.60. The van der Waals surface area contributed by atoms with Crippen LogP contribution in [0.1, 0.15) is 11.0 Å². The highest BCUT2D eigenvalue weighted by molar-refractivity contribution is 7.99. The summed E-state index contributed by atoms with van der Waals surface area (Å²) < 4.78 is 37.7. The standard InChI is InChI=1S/C21H25N3O2S/c25-14-16-26-15-13-23-9-11-24(12-10-23)21-17-5-1-3-7-19(17)27-20-8-4-2-6-18(20)22-21/h1-8,25H,9-16H2/p+1/i13D2,15D2. The second kappa shape index (κ2) is 8.89. The molecule has 0 aromatic heterocycles. The van der Waals surface area contributed by atoms with E-state index in [1.807, 2.05) is 30.3 Å². The summed E-state index contributed by atoms with van der Waals surface area (Å²) in [7, 11) is 0. The van der Waals surface area contributed by atoms with Crippen molar-refractivity contribution in [2.45, 2.75) is 9.79 Å². The normalized spacial score (nSPS) is 20.3. The Kier molecular flexibility index (Phi) is 4.67. The molecule has 0 bridgehead atoms. The van der Waals surface area contributed by atoms with Gasteiger partial charge in [-0.1, -0.05) is 42.1 Å². The number of piperazine rings is 1. The Morgan fingerprint density at radius 1 is 1.11 bits per heavy atom. The molecule has 2 N–H and O–H groups in total. The molecule has 142 valence electrons. The molecule has 2 aliphatic heterocycles. The van der Waals surface area contributed by atoms with Gasteiger partial charge in [0.05, 0.1) is 57.1 Å². The van der Waals surface area contributed by atoms with Gasteiger partial charge in [-0.2, -0.15) is 0 Å². The first-order valence-electron chi connectivity index (χ1n) is 11.1. The number of fused-ring (bicyclic) bond motifs is 2. The van der Waals surface area contributed by atoms with E-state index in [9.17, 15) is 0 Å². The van der Waals surface area contributed by atoms with Crippen LogP contribution in [0.25, 0.3) is 0 Å². The number of rotatable bonds is 5. The Bertz CT molecular complexity index is 965. The van der Waals surface area contributed by atoms with Crippen LogP contribution in [0, 0.1) is 0 Å². The molecule has 2 aromatic rings. The molecular weight excluding hydrogens is 358 g/mol. The van der Waals surface area contributed by atoms with Crippen LogP contribution in [0.2, 0.25) is 0 Å². The highest BCUT2D eigenvalue weighted by Gasteiger charge is 2.26. The van der Waals surface area contributed by atoms with Crippen molar-refractivity contribution in [1.29, 1.82) is 0 Å². The van der Waals surface area contributed by atoms with Crippen LogP contribution >= 0.6 is 11.8 Å². The van der Waals surface area contributed by atoms with Gasteiger partial charge < -0.3 is 19.6 Å². The lowest BCUT2D eigenvalue weighted by atomic mass is 10.1. The average Bonchev–Trinajstić information content (AvgIpc) is 2.94. The van der Waals surface area contributed by atoms with Crippen molar-refractivity contribution in [3.05, 3.63) is 54.1 Å². The molecule has 0 saturated carbocycles. The average molecular weight is 389 g/mol. The van der Waals surface area contributed by atoms with Gasteiger partial charge in [0.1, 0.15) is 12.3 Å². The number of hydrogen-bond donors (Lipinski definition) is 2. The number of ether oxygens (including phenoxy) is 1. The van der Waals surface area contributed by atoms with Crippen molar-refractivity contribution in [1.82, 2.24) is 4.90 Å². The highest BCUT2D eigenvalue weighted by atomic mass is 32.2. The number of aliphatic hydroxyl groups excluding tert-OH is 1. The lowest BCUT2D eigenvalue weighted by Gasteiger charge is -2.34. The number of nitrogens with zero attached hydrogens (tertiary/aromatic N) is 2. The molecular formula is C21H26N3O2S+. The van der Waals surface area contributed by atoms with Crippen LogP contribution < -0.4 is 4.90 Å². The monoisotopic (exact) mass is 388 g/mol. The predicted octanol–water partition coefficient (Wildman–Crippen LogP) is 1.44. The molecule has 0 aliphatic carbocycles. The van der Waals surface area contributed by atoms with Crippen LogP contribution in [0.3, 0.4) is 0 Å². The largest absolute Gasteiger partial charge is 0.394 e. The van der Waals surface area contributed by atoms with Gasteiger partial charge in [-0.3, -0.25) is 0 Å². The van der Waals surface area contributed by atoms with Gasteiger partial charge in [0.2, 0.25) is 0 Å². The Balaban J connectivity index is 1.56. The fourth-order valence-corrected chi connectivity index (χ4v) is 4.25. The molecule has 5 nitrogen and oxygen atoms in total. The van der Waals surface area contributed by atoms with E-state index in [4.69, 9.17) is 20.3 Å². The van der Waals surface area contributed by atoms with Gasteiger partial charge in [0, 0.05) is 15.4 Å². The van der Waals surface area contributed by atoms with E-state index < -0.39 is 13.1 Å². The fraction of sp³-hybridized carbons (Fsp3) is 0.381. The summed E-state index contributed by atoms with van der Waals surface area (Å²) in [6, 6.07) is 16.2. The van der Waals surface area contributed by atoms with Gasteiger partial charge in [0.15, 0.2) is 0 Å². The summed E-state index contributed by atoms with van der Waals surface area (Å²) in [5.74, 6) is 0.868. The van der Waals surface area contributed by atoms with E-state index in [0.717, 1.165) is 26.9 Å². The lowest BCUT2D eigenvalue weighted by molar-refractivity contribution is -0.904. The zero-order chi connectivity index (χ0) is 22.1. The fourth-order valence-electron chi connectivity index (χ4n) is 3.23. The first-order valence-corrected chi connectivity index (χ1v) is 9.95. The summed E-state index contributed by atoms with van der Waals surface area (Å²) in [5.41, 5.74) is 1.97. The zero-order valence-corrected chi connectivity index (χ0v) is 15.8. The number of para-hydroxylation sites is 1. The first-order chi connectivity index (χ1) is 14.8. The van der Waals surface area contributed by atoms with Crippen molar-refractivity contribution in [2.75, 3.05) is 52.4 Å². The highest BCUT2D eigenvalue weighted by Crippen LogP contribution is 2.40. The van der Waals surface area contributed by atoms with Crippen LogP contribution in [0.5, 0.6) is 0 Å². The summed E-state index contributed by atoms with van der Waals surface area (Å²) in [4.78, 5) is 9.85. The van der Waals surface area contributed by atoms with Crippen molar-refractivity contribution >= 4 is 23.3 Å². The molecule has 0 radical (unpaired) electrons. The first kappa shape index (κ1) is 14.2. The van der Waals surface area contributed by atoms with E-state index in [2.05, 4.69) is 23.1 Å². The maximum absolute atomic E-state index is 8.91. The number of amidine groups is 1. The van der Waals surface area contributed by atoms with Crippen LogP contribution in [-0.2, 0) is 4.74 Å². The Morgan fingerprint density at radius 3 is 2.67 bits per heavy atom. The van der Waals surface area contributed by atoms with Gasteiger partial charge in [0.25, 0.3) is 0 Å². The predicted molar refractivity (Wildman–Crippen MR) is 108 cm³/mol. The maximum atomic E-state index is 8.91. The Morgan fingerprint density at radius 2 is 1.85 bits per heavy atom. The summed E-state index contributed by atoms with van der Waals surface area (Å²) in [6.07, 6.45) is 0. The van der Waals surface area contributed by atoms with E-state index in [1.54, 1.807) is 11.8 Å². The molecule has 2 aromatic carbocycles. The third kappa shape index (κ3) is 4.35. The van der Waals surface area contributed by atoms with Gasteiger partial charge in [-0.15, -0.1) is 0 Å². The molecule has 0 spiro atoms. The number of aliphatic hydroxyl groups is 1. The summed E-state index contributed by atoms with van der Waals surface area (Å²) in [5, 5.41) is 8.91. The van der Waals surface area contributed by atoms with Crippen molar-refractivity contribution in [2.24, 2.45) is 4.99 Å². The van der Waals surface area contributed by atoms with Gasteiger partial charge >= 0.3 is 0 Å². The minimum Gasteiger partial charge on any atom is -0.394 e. The molecule has 2 heterocycles. The second-order valence-electron chi connectivity index (χ2n) is 6.39.